The number of nitrogens with zero attached hydrogens (tertiary/aromatic N) is 3. The summed E-state index contributed by atoms with van der Waals surface area (Å²) in [4.78, 5) is 11.5. The summed E-state index contributed by atoms with van der Waals surface area (Å²) in [5, 5.41) is 6.80. The number of aromatic nitrogens is 1. The van der Waals surface area contributed by atoms with Crippen molar-refractivity contribution < 1.29 is 4.42 Å². The van der Waals surface area contributed by atoms with Gasteiger partial charge in [-0.15, -0.1) is 24.0 Å². The molecule has 0 amide bonds. The summed E-state index contributed by atoms with van der Waals surface area (Å²) < 4.78 is 5.63. The van der Waals surface area contributed by atoms with Crippen molar-refractivity contribution in [3.05, 3.63) is 47.2 Å². The highest BCUT2D eigenvalue weighted by atomic mass is 127. The van der Waals surface area contributed by atoms with Crippen molar-refractivity contribution in [3.63, 3.8) is 0 Å². The quantitative estimate of drug-likeness (QED) is 0.354. The first-order chi connectivity index (χ1) is 13.1. The Labute approximate surface area is 185 Å². The summed E-state index contributed by atoms with van der Waals surface area (Å²) in [7, 11) is 0. The van der Waals surface area contributed by atoms with Crippen LogP contribution in [-0.2, 0) is 6.54 Å². The molecule has 2 aromatic rings. The van der Waals surface area contributed by atoms with Crippen LogP contribution in [0.5, 0.6) is 0 Å². The fraction of sp³-hybridized carbons (Fsp3) is 0.524. The molecule has 7 heteroatoms. The molecule has 1 aliphatic rings. The number of rotatable bonds is 6. The van der Waals surface area contributed by atoms with E-state index >= 15 is 0 Å². The molecule has 0 bridgehead atoms. The summed E-state index contributed by atoms with van der Waals surface area (Å²) in [6, 6.07) is 8.95. The summed E-state index contributed by atoms with van der Waals surface area (Å²) in [6.45, 7) is 11.6. The molecule has 3 rings (SSSR count). The van der Waals surface area contributed by atoms with Gasteiger partial charge in [-0.05, 0) is 58.2 Å². The smallest absolute Gasteiger partial charge is 0.216 e. The first kappa shape index (κ1) is 22.5. The number of aliphatic imine (C=N–C) groups is 1. The van der Waals surface area contributed by atoms with Crippen molar-refractivity contribution in [2.45, 2.75) is 53.1 Å². The Bertz CT molecular complexity index is 763. The van der Waals surface area contributed by atoms with Gasteiger partial charge in [-0.2, -0.15) is 0 Å². The van der Waals surface area contributed by atoms with E-state index in [-0.39, 0.29) is 30.0 Å². The van der Waals surface area contributed by atoms with Gasteiger partial charge in [-0.1, -0.05) is 12.1 Å². The molecule has 1 aromatic carbocycles. The molecule has 2 heterocycles. The van der Waals surface area contributed by atoms with E-state index in [4.69, 9.17) is 4.42 Å². The highest BCUT2D eigenvalue weighted by molar-refractivity contribution is 14.0. The minimum atomic E-state index is 0. The van der Waals surface area contributed by atoms with E-state index < -0.39 is 0 Å². The van der Waals surface area contributed by atoms with Gasteiger partial charge in [0.25, 0.3) is 0 Å². The summed E-state index contributed by atoms with van der Waals surface area (Å²) >= 11 is 0. The van der Waals surface area contributed by atoms with Crippen molar-refractivity contribution in [2.24, 2.45) is 4.99 Å². The number of nitrogens with one attached hydrogen (secondary N) is 2. The number of benzene rings is 1. The van der Waals surface area contributed by atoms with Crippen molar-refractivity contribution in [1.29, 1.82) is 0 Å². The van der Waals surface area contributed by atoms with Crippen LogP contribution in [0.4, 0.5) is 5.69 Å². The lowest BCUT2D eigenvalue weighted by Gasteiger charge is -2.22. The lowest BCUT2D eigenvalue weighted by molar-refractivity contribution is 0.472. The molecule has 1 saturated heterocycles. The van der Waals surface area contributed by atoms with Crippen LogP contribution in [-0.4, -0.2) is 30.6 Å². The molecule has 0 spiro atoms. The van der Waals surface area contributed by atoms with Gasteiger partial charge in [-0.3, -0.25) is 0 Å². The number of hydrogen-bond donors (Lipinski definition) is 2. The van der Waals surface area contributed by atoms with Crippen LogP contribution < -0.4 is 15.5 Å². The van der Waals surface area contributed by atoms with Gasteiger partial charge in [-0.25, -0.2) is 9.98 Å². The van der Waals surface area contributed by atoms with Gasteiger partial charge in [0.2, 0.25) is 5.89 Å². The maximum absolute atomic E-state index is 5.63. The first-order valence-electron chi connectivity index (χ1n) is 9.89. The van der Waals surface area contributed by atoms with Gasteiger partial charge in [0, 0.05) is 25.3 Å². The standard InChI is InChI=1S/C21H31N5O.HI/c1-5-22-21(23-14-20-24-15(2)17(4)27-20)25-16(3)18-9-8-10-19(13-18)26-11-6-7-12-26;/h8-10,13,16H,5-7,11-12,14H2,1-4H3,(H2,22,23,25);1H. The van der Waals surface area contributed by atoms with Crippen LogP contribution in [0.25, 0.3) is 0 Å². The van der Waals surface area contributed by atoms with E-state index in [0.717, 1.165) is 37.0 Å². The number of oxazole rings is 1. The lowest BCUT2D eigenvalue weighted by atomic mass is 10.1. The third kappa shape index (κ3) is 5.86. The first-order valence-corrected chi connectivity index (χ1v) is 9.89. The Morgan fingerprint density at radius 1 is 1.29 bits per heavy atom. The van der Waals surface area contributed by atoms with Gasteiger partial charge < -0.3 is 20.0 Å². The third-order valence-corrected chi connectivity index (χ3v) is 4.98. The second-order valence-corrected chi connectivity index (χ2v) is 7.10. The van der Waals surface area contributed by atoms with Crippen LogP contribution in [0.15, 0.2) is 33.7 Å². The molecule has 1 aliphatic heterocycles. The summed E-state index contributed by atoms with van der Waals surface area (Å²) in [5.41, 5.74) is 3.49. The molecule has 154 valence electrons. The van der Waals surface area contributed by atoms with Gasteiger partial charge in [0.15, 0.2) is 5.96 Å². The Morgan fingerprint density at radius 3 is 2.68 bits per heavy atom. The van der Waals surface area contributed by atoms with E-state index in [2.05, 4.69) is 63.6 Å². The number of hydrogen-bond acceptors (Lipinski definition) is 4. The van der Waals surface area contributed by atoms with Crippen LogP contribution in [0.1, 0.15) is 55.6 Å². The Hall–Kier alpha value is -1.77. The van der Waals surface area contributed by atoms with Gasteiger partial charge >= 0.3 is 0 Å². The molecule has 0 radical (unpaired) electrons. The van der Waals surface area contributed by atoms with Crippen molar-refractivity contribution in [1.82, 2.24) is 15.6 Å². The zero-order valence-electron chi connectivity index (χ0n) is 17.3. The number of anilines is 1. The Balaban J connectivity index is 0.00000280. The van der Waals surface area contributed by atoms with E-state index in [1.54, 1.807) is 0 Å². The minimum Gasteiger partial charge on any atom is -0.444 e. The predicted octanol–water partition coefficient (Wildman–Crippen LogP) is 4.33. The molecular weight excluding hydrogens is 465 g/mol. The van der Waals surface area contributed by atoms with E-state index in [1.807, 2.05) is 13.8 Å². The molecule has 1 atom stereocenters. The van der Waals surface area contributed by atoms with Gasteiger partial charge in [0.1, 0.15) is 12.3 Å². The average Bonchev–Trinajstić information content (AvgIpc) is 3.30. The molecule has 0 aliphatic carbocycles. The SMILES string of the molecule is CCNC(=NCc1nc(C)c(C)o1)NC(C)c1cccc(N2CCCC2)c1.I. The monoisotopic (exact) mass is 497 g/mol. The van der Waals surface area contributed by atoms with Crippen LogP contribution in [0.3, 0.4) is 0 Å². The topological polar surface area (TPSA) is 65.7 Å². The maximum atomic E-state index is 5.63. The molecular formula is C21H32IN5O. The highest BCUT2D eigenvalue weighted by Crippen LogP contribution is 2.24. The molecule has 1 fully saturated rings. The maximum Gasteiger partial charge on any atom is 0.216 e. The fourth-order valence-electron chi connectivity index (χ4n) is 3.33. The van der Waals surface area contributed by atoms with E-state index in [9.17, 15) is 0 Å². The zero-order valence-corrected chi connectivity index (χ0v) is 19.6. The van der Waals surface area contributed by atoms with Crippen LogP contribution in [0.2, 0.25) is 0 Å². The Morgan fingerprint density at radius 2 is 2.04 bits per heavy atom. The van der Waals surface area contributed by atoms with Crippen LogP contribution >= 0.6 is 24.0 Å². The second kappa shape index (κ2) is 10.7. The highest BCUT2D eigenvalue weighted by Gasteiger charge is 2.14. The molecule has 6 nitrogen and oxygen atoms in total. The largest absolute Gasteiger partial charge is 0.444 e. The van der Waals surface area contributed by atoms with Crippen molar-refractivity contribution in [3.8, 4) is 0 Å². The summed E-state index contributed by atoms with van der Waals surface area (Å²) in [6.07, 6.45) is 2.57. The summed E-state index contributed by atoms with van der Waals surface area (Å²) in [5.74, 6) is 2.27. The Kier molecular flexibility index (Phi) is 8.59. The molecule has 1 aromatic heterocycles. The molecule has 1 unspecified atom stereocenters. The number of halogens is 1. The molecule has 28 heavy (non-hydrogen) atoms. The minimum absolute atomic E-state index is 0. The van der Waals surface area contributed by atoms with Crippen LogP contribution in [0, 0.1) is 13.8 Å². The number of guanidine groups is 1. The van der Waals surface area contributed by atoms with Crippen molar-refractivity contribution >= 4 is 35.6 Å². The number of aryl methyl sites for hydroxylation is 2. The lowest BCUT2D eigenvalue weighted by Crippen LogP contribution is -2.38. The normalized spacial score (nSPS) is 15.3. The third-order valence-electron chi connectivity index (χ3n) is 4.98. The van der Waals surface area contributed by atoms with E-state index in [1.165, 1.54) is 24.1 Å². The fourth-order valence-corrected chi connectivity index (χ4v) is 3.33. The molecule has 0 saturated carbocycles. The molecule has 2 N–H and O–H groups in total. The zero-order chi connectivity index (χ0) is 19.2. The average molecular weight is 497 g/mol. The van der Waals surface area contributed by atoms with Gasteiger partial charge in [0.05, 0.1) is 11.7 Å². The van der Waals surface area contributed by atoms with Crippen molar-refractivity contribution in [2.75, 3.05) is 24.5 Å². The second-order valence-electron chi connectivity index (χ2n) is 7.10. The predicted molar refractivity (Wildman–Crippen MR) is 126 cm³/mol. The van der Waals surface area contributed by atoms with E-state index in [0.29, 0.717) is 12.4 Å².